The summed E-state index contributed by atoms with van der Waals surface area (Å²) in [6.07, 6.45) is 3.22. The van der Waals surface area contributed by atoms with Gasteiger partial charge in [-0.3, -0.25) is 4.99 Å². The van der Waals surface area contributed by atoms with Crippen molar-refractivity contribution in [3.8, 4) is 0 Å². The minimum Gasteiger partial charge on any atom is -0.294 e. The van der Waals surface area contributed by atoms with Gasteiger partial charge >= 0.3 is 0 Å². The molecule has 0 saturated carbocycles. The van der Waals surface area contributed by atoms with E-state index in [2.05, 4.69) is 38.9 Å². The van der Waals surface area contributed by atoms with Crippen LogP contribution >= 0.6 is 0 Å². The zero-order valence-electron chi connectivity index (χ0n) is 7.39. The van der Waals surface area contributed by atoms with Crippen molar-refractivity contribution >= 4 is 6.21 Å². The minimum absolute atomic E-state index is 0.398. The van der Waals surface area contributed by atoms with Crippen molar-refractivity contribution in [2.24, 2.45) is 16.3 Å². The van der Waals surface area contributed by atoms with Crippen LogP contribution in [0, 0.1) is 11.3 Å². The summed E-state index contributed by atoms with van der Waals surface area (Å²) in [6.45, 7) is 9.12. The van der Waals surface area contributed by atoms with Crippen molar-refractivity contribution in [1.82, 2.24) is 0 Å². The third-order valence-electron chi connectivity index (χ3n) is 3.13. The van der Waals surface area contributed by atoms with E-state index in [-0.39, 0.29) is 0 Å². The SMILES string of the molecule is C[C@@H]1CC=N[C@@H](C)C1(C)C. The number of hydrogen-bond donors (Lipinski definition) is 0. The van der Waals surface area contributed by atoms with Gasteiger partial charge in [0.25, 0.3) is 0 Å². The third-order valence-corrected chi connectivity index (χ3v) is 3.13. The Morgan fingerprint density at radius 3 is 2.40 bits per heavy atom. The first kappa shape index (κ1) is 7.77. The molecule has 0 saturated heterocycles. The normalized spacial score (nSPS) is 38.0. The van der Waals surface area contributed by atoms with E-state index < -0.39 is 0 Å². The number of hydrogen-bond acceptors (Lipinski definition) is 1. The molecular weight excluding hydrogens is 122 g/mol. The Labute approximate surface area is 63.5 Å². The second-order valence-corrected chi connectivity index (χ2v) is 3.97. The first-order valence-corrected chi connectivity index (χ1v) is 4.06. The Morgan fingerprint density at radius 2 is 2.00 bits per heavy atom. The van der Waals surface area contributed by atoms with Gasteiger partial charge in [-0.05, 0) is 30.9 Å². The van der Waals surface area contributed by atoms with E-state index in [1.807, 2.05) is 0 Å². The lowest BCUT2D eigenvalue weighted by molar-refractivity contribution is 0.187. The van der Waals surface area contributed by atoms with Gasteiger partial charge in [-0.25, -0.2) is 0 Å². The highest BCUT2D eigenvalue weighted by molar-refractivity contribution is 5.59. The van der Waals surface area contributed by atoms with Crippen molar-refractivity contribution in [2.75, 3.05) is 0 Å². The maximum absolute atomic E-state index is 4.41. The van der Waals surface area contributed by atoms with Gasteiger partial charge in [-0.2, -0.15) is 0 Å². The molecular formula is C9H17N. The summed E-state index contributed by atoms with van der Waals surface area (Å²) in [5, 5.41) is 0. The first-order valence-electron chi connectivity index (χ1n) is 4.06. The fourth-order valence-corrected chi connectivity index (χ4v) is 1.28. The van der Waals surface area contributed by atoms with Crippen molar-refractivity contribution in [3.05, 3.63) is 0 Å². The Bertz CT molecular complexity index is 147. The lowest BCUT2D eigenvalue weighted by Crippen LogP contribution is -2.35. The highest BCUT2D eigenvalue weighted by atomic mass is 14.8. The third kappa shape index (κ3) is 1.09. The van der Waals surface area contributed by atoms with Crippen molar-refractivity contribution in [2.45, 2.75) is 40.2 Å². The van der Waals surface area contributed by atoms with E-state index in [1.165, 1.54) is 0 Å². The Morgan fingerprint density at radius 1 is 1.40 bits per heavy atom. The van der Waals surface area contributed by atoms with Gasteiger partial charge < -0.3 is 0 Å². The second kappa shape index (κ2) is 2.37. The maximum atomic E-state index is 4.41. The molecule has 2 atom stereocenters. The molecule has 0 N–H and O–H groups in total. The Balaban J connectivity index is 2.78. The van der Waals surface area contributed by atoms with Gasteiger partial charge in [-0.1, -0.05) is 20.8 Å². The van der Waals surface area contributed by atoms with Crippen LogP contribution in [0.15, 0.2) is 4.99 Å². The van der Waals surface area contributed by atoms with Gasteiger partial charge in [0.2, 0.25) is 0 Å². The van der Waals surface area contributed by atoms with Crippen LogP contribution in [0.25, 0.3) is 0 Å². The predicted octanol–water partition coefficient (Wildman–Crippen LogP) is 2.51. The zero-order valence-corrected chi connectivity index (χ0v) is 7.39. The fourth-order valence-electron chi connectivity index (χ4n) is 1.28. The van der Waals surface area contributed by atoms with Gasteiger partial charge in [0.1, 0.15) is 0 Å². The van der Waals surface area contributed by atoms with Gasteiger partial charge in [0, 0.05) is 0 Å². The van der Waals surface area contributed by atoms with Gasteiger partial charge in [0.15, 0.2) is 0 Å². The molecule has 0 radical (unpaired) electrons. The number of rotatable bonds is 0. The largest absolute Gasteiger partial charge is 0.294 e. The number of aliphatic imine (C=N–C) groups is 1. The monoisotopic (exact) mass is 139 g/mol. The predicted molar refractivity (Wildman–Crippen MR) is 45.5 cm³/mol. The average Bonchev–Trinajstić information content (AvgIpc) is 1.84. The van der Waals surface area contributed by atoms with Crippen LogP contribution in [0.1, 0.15) is 34.1 Å². The maximum Gasteiger partial charge on any atom is 0.0521 e. The zero-order chi connectivity index (χ0) is 7.78. The summed E-state index contributed by atoms with van der Waals surface area (Å²) >= 11 is 0. The molecule has 0 aromatic heterocycles. The smallest absolute Gasteiger partial charge is 0.0521 e. The summed E-state index contributed by atoms with van der Waals surface area (Å²) in [7, 11) is 0. The standard InChI is InChI=1S/C9H17N/c1-7-5-6-10-8(2)9(7,3)4/h6-8H,5H2,1-4H3/t7-,8+/m1/s1. The molecule has 0 bridgehead atoms. The van der Waals surface area contributed by atoms with Gasteiger partial charge in [0.05, 0.1) is 6.04 Å². The van der Waals surface area contributed by atoms with Crippen LogP contribution < -0.4 is 0 Å². The molecule has 0 fully saturated rings. The van der Waals surface area contributed by atoms with Crippen molar-refractivity contribution in [1.29, 1.82) is 0 Å². The van der Waals surface area contributed by atoms with E-state index in [9.17, 15) is 0 Å². The van der Waals surface area contributed by atoms with Crippen LogP contribution in [0.4, 0.5) is 0 Å². The summed E-state index contributed by atoms with van der Waals surface area (Å²) < 4.78 is 0. The summed E-state index contributed by atoms with van der Waals surface area (Å²) in [6, 6.07) is 0.497. The second-order valence-electron chi connectivity index (χ2n) is 3.97. The molecule has 10 heavy (non-hydrogen) atoms. The summed E-state index contributed by atoms with van der Waals surface area (Å²) in [5.41, 5.74) is 0.398. The summed E-state index contributed by atoms with van der Waals surface area (Å²) in [5.74, 6) is 0.778. The molecule has 1 aliphatic heterocycles. The quantitative estimate of drug-likeness (QED) is 0.489. The average molecular weight is 139 g/mol. The van der Waals surface area contributed by atoms with Crippen LogP contribution in [-0.2, 0) is 0 Å². The van der Waals surface area contributed by atoms with E-state index >= 15 is 0 Å². The first-order chi connectivity index (χ1) is 4.55. The Kier molecular flexibility index (Phi) is 1.84. The molecule has 1 heteroatoms. The molecule has 0 aliphatic carbocycles. The van der Waals surface area contributed by atoms with Crippen molar-refractivity contribution in [3.63, 3.8) is 0 Å². The highest BCUT2D eigenvalue weighted by Crippen LogP contribution is 2.36. The van der Waals surface area contributed by atoms with E-state index in [4.69, 9.17) is 0 Å². The van der Waals surface area contributed by atoms with Crippen LogP contribution in [0.2, 0.25) is 0 Å². The molecule has 1 heterocycles. The molecule has 0 aromatic rings. The lowest BCUT2D eigenvalue weighted by Gasteiger charge is -2.37. The minimum atomic E-state index is 0.398. The Hall–Kier alpha value is -0.330. The fraction of sp³-hybridized carbons (Fsp3) is 0.889. The van der Waals surface area contributed by atoms with Crippen LogP contribution in [0.5, 0.6) is 0 Å². The summed E-state index contributed by atoms with van der Waals surface area (Å²) in [4.78, 5) is 4.41. The molecule has 0 amide bonds. The molecule has 58 valence electrons. The van der Waals surface area contributed by atoms with E-state index in [0.29, 0.717) is 11.5 Å². The lowest BCUT2D eigenvalue weighted by atomic mass is 9.72. The molecule has 1 aliphatic rings. The molecule has 0 unspecified atom stereocenters. The topological polar surface area (TPSA) is 12.4 Å². The van der Waals surface area contributed by atoms with Crippen LogP contribution in [0.3, 0.4) is 0 Å². The highest BCUT2D eigenvalue weighted by Gasteiger charge is 2.33. The van der Waals surface area contributed by atoms with Gasteiger partial charge in [-0.15, -0.1) is 0 Å². The van der Waals surface area contributed by atoms with Crippen molar-refractivity contribution < 1.29 is 0 Å². The van der Waals surface area contributed by atoms with E-state index in [1.54, 1.807) is 0 Å². The number of nitrogens with zero attached hydrogens (tertiary/aromatic N) is 1. The van der Waals surface area contributed by atoms with Crippen LogP contribution in [-0.4, -0.2) is 12.3 Å². The molecule has 0 aromatic carbocycles. The molecule has 1 nitrogen and oxygen atoms in total. The molecule has 1 rings (SSSR count). The molecule has 0 spiro atoms. The van der Waals surface area contributed by atoms with E-state index in [0.717, 1.165) is 12.3 Å².